The first-order valence-electron chi connectivity index (χ1n) is 6.80. The van der Waals surface area contributed by atoms with Crippen LogP contribution in [0.25, 0.3) is 5.69 Å². The number of benzene rings is 1. The van der Waals surface area contributed by atoms with Crippen LogP contribution in [0.15, 0.2) is 24.7 Å². The van der Waals surface area contributed by atoms with Crippen LogP contribution in [-0.4, -0.2) is 22.1 Å². The molecule has 0 aliphatic heterocycles. The number of hydrogen-bond donors (Lipinski definition) is 0. The quantitative estimate of drug-likeness (QED) is 0.809. The number of carbonyl (C=O) groups excluding carboxylic acids is 1. The summed E-state index contributed by atoms with van der Waals surface area (Å²) >= 11 is 6.08. The van der Waals surface area contributed by atoms with E-state index in [-0.39, 0.29) is 17.2 Å². The van der Waals surface area contributed by atoms with Gasteiger partial charge in [-0.1, -0.05) is 11.6 Å². The minimum Gasteiger partial charge on any atom is -0.462 e. The SMILES string of the molecule is CCOC(=O)c1cc(-n2cnc(C3CC3)c2)c(Cl)cc1F. The van der Waals surface area contributed by atoms with E-state index in [0.29, 0.717) is 11.6 Å². The van der Waals surface area contributed by atoms with Gasteiger partial charge in [-0.3, -0.25) is 0 Å². The monoisotopic (exact) mass is 308 g/mol. The smallest absolute Gasteiger partial charge is 0.341 e. The zero-order valence-electron chi connectivity index (χ0n) is 11.5. The summed E-state index contributed by atoms with van der Waals surface area (Å²) in [6.45, 7) is 1.86. The summed E-state index contributed by atoms with van der Waals surface area (Å²) in [6, 6.07) is 2.52. The second kappa shape index (κ2) is 5.48. The summed E-state index contributed by atoms with van der Waals surface area (Å²) in [7, 11) is 0. The number of hydrogen-bond acceptors (Lipinski definition) is 3. The maximum Gasteiger partial charge on any atom is 0.341 e. The lowest BCUT2D eigenvalue weighted by Gasteiger charge is -2.09. The highest BCUT2D eigenvalue weighted by Gasteiger charge is 2.26. The van der Waals surface area contributed by atoms with Crippen molar-refractivity contribution in [2.24, 2.45) is 0 Å². The summed E-state index contributed by atoms with van der Waals surface area (Å²) in [6.07, 6.45) is 5.78. The Morgan fingerprint density at radius 1 is 1.52 bits per heavy atom. The van der Waals surface area contributed by atoms with E-state index in [9.17, 15) is 9.18 Å². The summed E-state index contributed by atoms with van der Waals surface area (Å²) in [5, 5.41) is 0.222. The van der Waals surface area contributed by atoms with Crippen molar-refractivity contribution in [2.45, 2.75) is 25.7 Å². The molecule has 0 saturated heterocycles. The topological polar surface area (TPSA) is 44.1 Å². The van der Waals surface area contributed by atoms with Crippen LogP contribution in [0.2, 0.25) is 5.02 Å². The van der Waals surface area contributed by atoms with Crippen molar-refractivity contribution >= 4 is 17.6 Å². The molecule has 1 fully saturated rings. The number of ether oxygens (including phenoxy) is 1. The first kappa shape index (κ1) is 14.1. The normalized spacial score (nSPS) is 14.2. The second-order valence-corrected chi connectivity index (χ2v) is 5.39. The van der Waals surface area contributed by atoms with Gasteiger partial charge in [0.15, 0.2) is 0 Å². The van der Waals surface area contributed by atoms with Crippen molar-refractivity contribution in [3.05, 3.63) is 46.8 Å². The van der Waals surface area contributed by atoms with E-state index in [0.717, 1.165) is 24.6 Å². The van der Waals surface area contributed by atoms with Gasteiger partial charge >= 0.3 is 5.97 Å². The first-order chi connectivity index (χ1) is 10.1. The van der Waals surface area contributed by atoms with Gasteiger partial charge in [0.25, 0.3) is 0 Å². The third kappa shape index (κ3) is 2.78. The highest BCUT2D eigenvalue weighted by atomic mass is 35.5. The molecule has 0 amide bonds. The summed E-state index contributed by atoms with van der Waals surface area (Å²) < 4.78 is 20.4. The van der Waals surface area contributed by atoms with Crippen LogP contribution in [0, 0.1) is 5.82 Å². The van der Waals surface area contributed by atoms with E-state index in [4.69, 9.17) is 16.3 Å². The Labute approximate surface area is 126 Å². The van der Waals surface area contributed by atoms with Gasteiger partial charge in [-0.15, -0.1) is 0 Å². The van der Waals surface area contributed by atoms with E-state index in [1.807, 2.05) is 6.20 Å². The fraction of sp³-hybridized carbons (Fsp3) is 0.333. The van der Waals surface area contributed by atoms with Crippen molar-refractivity contribution in [1.82, 2.24) is 9.55 Å². The lowest BCUT2D eigenvalue weighted by atomic mass is 10.2. The van der Waals surface area contributed by atoms with Gasteiger partial charge in [-0.2, -0.15) is 0 Å². The van der Waals surface area contributed by atoms with E-state index in [1.54, 1.807) is 17.8 Å². The van der Waals surface area contributed by atoms with Gasteiger partial charge in [0.2, 0.25) is 0 Å². The molecule has 0 unspecified atom stereocenters. The molecule has 0 radical (unpaired) electrons. The molecule has 0 atom stereocenters. The van der Waals surface area contributed by atoms with Crippen LogP contribution < -0.4 is 0 Å². The van der Waals surface area contributed by atoms with Gasteiger partial charge in [0.1, 0.15) is 5.82 Å². The van der Waals surface area contributed by atoms with Crippen molar-refractivity contribution in [3.63, 3.8) is 0 Å². The summed E-state index contributed by atoms with van der Waals surface area (Å²) in [4.78, 5) is 16.1. The molecule has 1 aromatic carbocycles. The van der Waals surface area contributed by atoms with Crippen LogP contribution in [0.4, 0.5) is 4.39 Å². The Kier molecular flexibility index (Phi) is 3.68. The van der Waals surface area contributed by atoms with Gasteiger partial charge < -0.3 is 9.30 Å². The molecule has 0 N–H and O–H groups in total. The largest absolute Gasteiger partial charge is 0.462 e. The van der Waals surface area contributed by atoms with Crippen LogP contribution in [0.5, 0.6) is 0 Å². The van der Waals surface area contributed by atoms with Gasteiger partial charge in [0.05, 0.1) is 34.9 Å². The molecular weight excluding hydrogens is 295 g/mol. The van der Waals surface area contributed by atoms with Crippen LogP contribution in [-0.2, 0) is 4.74 Å². The van der Waals surface area contributed by atoms with Crippen molar-refractivity contribution in [2.75, 3.05) is 6.61 Å². The maximum atomic E-state index is 13.9. The Morgan fingerprint density at radius 3 is 2.95 bits per heavy atom. The average Bonchev–Trinajstić information content (AvgIpc) is 3.18. The number of esters is 1. The molecule has 1 aliphatic carbocycles. The van der Waals surface area contributed by atoms with Crippen LogP contribution >= 0.6 is 11.6 Å². The highest BCUT2D eigenvalue weighted by molar-refractivity contribution is 6.32. The summed E-state index contributed by atoms with van der Waals surface area (Å²) in [5.41, 5.74) is 1.38. The second-order valence-electron chi connectivity index (χ2n) is 4.98. The van der Waals surface area contributed by atoms with E-state index < -0.39 is 11.8 Å². The molecule has 110 valence electrons. The Morgan fingerprint density at radius 2 is 2.29 bits per heavy atom. The Hall–Kier alpha value is -1.88. The van der Waals surface area contributed by atoms with Crippen molar-refractivity contribution in [3.8, 4) is 5.69 Å². The molecule has 1 aliphatic rings. The zero-order chi connectivity index (χ0) is 15.0. The minimum atomic E-state index is -0.699. The fourth-order valence-corrected chi connectivity index (χ4v) is 2.41. The predicted molar refractivity (Wildman–Crippen MR) is 76.5 cm³/mol. The van der Waals surface area contributed by atoms with E-state index in [1.165, 1.54) is 6.07 Å². The lowest BCUT2D eigenvalue weighted by molar-refractivity contribution is 0.0521. The molecule has 0 spiro atoms. The molecule has 1 heterocycles. The molecule has 0 bridgehead atoms. The lowest BCUT2D eigenvalue weighted by Crippen LogP contribution is -2.08. The molecule has 1 aromatic heterocycles. The molecule has 4 nitrogen and oxygen atoms in total. The van der Waals surface area contributed by atoms with E-state index >= 15 is 0 Å². The third-order valence-corrected chi connectivity index (χ3v) is 3.71. The van der Waals surface area contributed by atoms with Crippen LogP contribution in [0.3, 0.4) is 0 Å². The third-order valence-electron chi connectivity index (χ3n) is 3.41. The molecule has 3 rings (SSSR count). The number of nitrogens with zero attached hydrogens (tertiary/aromatic N) is 2. The minimum absolute atomic E-state index is 0.127. The van der Waals surface area contributed by atoms with Crippen LogP contribution in [0.1, 0.15) is 41.7 Å². The molecule has 21 heavy (non-hydrogen) atoms. The van der Waals surface area contributed by atoms with Gasteiger partial charge in [-0.05, 0) is 31.9 Å². The van der Waals surface area contributed by atoms with Gasteiger partial charge in [-0.25, -0.2) is 14.2 Å². The molecule has 2 aromatic rings. The van der Waals surface area contributed by atoms with Crippen molar-refractivity contribution < 1.29 is 13.9 Å². The molecule has 1 saturated carbocycles. The molecular formula is C15H14ClFN2O2. The number of carbonyl (C=O) groups is 1. The molecule has 6 heteroatoms. The fourth-order valence-electron chi connectivity index (χ4n) is 2.16. The Bertz CT molecular complexity index is 695. The predicted octanol–water partition coefficient (Wildman–Crippen LogP) is 3.72. The van der Waals surface area contributed by atoms with Gasteiger partial charge in [0, 0.05) is 12.1 Å². The number of aromatic nitrogens is 2. The Balaban J connectivity index is 2.00. The standard InChI is InChI=1S/C15H14ClFN2O2/c1-2-21-15(20)10-5-14(11(16)6-12(10)17)19-7-13(18-8-19)9-3-4-9/h5-9H,2-4H2,1H3. The maximum absolute atomic E-state index is 13.9. The van der Waals surface area contributed by atoms with E-state index in [2.05, 4.69) is 4.98 Å². The number of halogens is 2. The first-order valence-corrected chi connectivity index (χ1v) is 7.18. The number of imidazole rings is 1. The highest BCUT2D eigenvalue weighted by Crippen LogP contribution is 2.39. The summed E-state index contributed by atoms with van der Waals surface area (Å²) in [5.74, 6) is -0.879. The van der Waals surface area contributed by atoms with Crippen molar-refractivity contribution in [1.29, 1.82) is 0 Å². The zero-order valence-corrected chi connectivity index (χ0v) is 12.2. The average molecular weight is 309 g/mol. The number of rotatable bonds is 4.